The van der Waals surface area contributed by atoms with Crippen molar-refractivity contribution in [1.82, 2.24) is 15.2 Å². The van der Waals surface area contributed by atoms with E-state index in [-0.39, 0.29) is 0 Å². The molecule has 0 radical (unpaired) electrons. The lowest BCUT2D eigenvalue weighted by Crippen LogP contribution is -1.90. The number of nitrogens with zero attached hydrogens (tertiary/aromatic N) is 2. The van der Waals surface area contributed by atoms with E-state index in [2.05, 4.69) is 33.9 Å². The molecule has 2 aromatic heterocycles. The van der Waals surface area contributed by atoms with Gasteiger partial charge in [-0.2, -0.15) is 5.10 Å². The number of benzene rings is 1. The van der Waals surface area contributed by atoms with Gasteiger partial charge in [0.05, 0.1) is 11.1 Å². The smallest absolute Gasteiger partial charge is 0.153 e. The van der Waals surface area contributed by atoms with Crippen LogP contribution in [0, 0.1) is 11.8 Å². The van der Waals surface area contributed by atoms with Gasteiger partial charge in [0.1, 0.15) is 5.82 Å². The molecule has 22 heavy (non-hydrogen) atoms. The fourth-order valence-electron chi connectivity index (χ4n) is 2.32. The molecule has 5 heteroatoms. The van der Waals surface area contributed by atoms with Crippen LogP contribution in [0.5, 0.6) is 0 Å². The molecule has 1 aromatic carbocycles. The quantitative estimate of drug-likeness (QED) is 0.633. The van der Waals surface area contributed by atoms with E-state index in [4.69, 9.17) is 11.5 Å². The fourth-order valence-corrected chi connectivity index (χ4v) is 2.32. The first-order valence-electron chi connectivity index (χ1n) is 7.17. The van der Waals surface area contributed by atoms with E-state index >= 15 is 0 Å². The maximum Gasteiger partial charge on any atom is 0.153 e. The summed E-state index contributed by atoms with van der Waals surface area (Å²) in [6.07, 6.45) is 3.58. The molecule has 0 saturated heterocycles. The van der Waals surface area contributed by atoms with Crippen molar-refractivity contribution < 1.29 is 0 Å². The maximum absolute atomic E-state index is 5.95. The van der Waals surface area contributed by atoms with Crippen LogP contribution in [0.4, 0.5) is 11.6 Å². The molecule has 0 amide bonds. The van der Waals surface area contributed by atoms with Gasteiger partial charge in [-0.3, -0.25) is 5.10 Å². The molecular formula is C17H17N5. The lowest BCUT2D eigenvalue weighted by Gasteiger charge is -2.05. The van der Waals surface area contributed by atoms with Gasteiger partial charge in [0, 0.05) is 18.0 Å². The maximum atomic E-state index is 5.95. The molecule has 0 aliphatic heterocycles. The van der Waals surface area contributed by atoms with Gasteiger partial charge in [0.15, 0.2) is 5.82 Å². The molecule has 5 nitrogen and oxygen atoms in total. The third kappa shape index (κ3) is 2.59. The van der Waals surface area contributed by atoms with Gasteiger partial charge < -0.3 is 11.5 Å². The number of hydrogen-bond acceptors (Lipinski definition) is 4. The molecule has 5 N–H and O–H groups in total. The van der Waals surface area contributed by atoms with Crippen LogP contribution >= 0.6 is 0 Å². The van der Waals surface area contributed by atoms with Gasteiger partial charge in [-0.1, -0.05) is 18.8 Å². The van der Waals surface area contributed by atoms with Gasteiger partial charge in [-0.05, 0) is 41.8 Å². The highest BCUT2D eigenvalue weighted by Gasteiger charge is 2.10. The summed E-state index contributed by atoms with van der Waals surface area (Å²) in [5.74, 6) is 7.32. The molecule has 0 spiro atoms. The van der Waals surface area contributed by atoms with Crippen LogP contribution in [0.15, 0.2) is 30.5 Å². The second-order valence-corrected chi connectivity index (χ2v) is 5.08. The standard InChI is InChI=1S/C17H17N5/c1-2-3-4-5-12-8-13(11-6-7-20-15(18)10-11)9-14-16(12)21-22-17(14)19/h6-10H,2-3H2,1H3,(H2,18,20)(H3,19,21,22). The molecule has 0 fully saturated rings. The van der Waals surface area contributed by atoms with Crippen LogP contribution in [-0.4, -0.2) is 15.2 Å². The SMILES string of the molecule is CCCC#Cc1cc(-c2ccnc(N)c2)cc2c(N)n[nH]c12. The summed E-state index contributed by atoms with van der Waals surface area (Å²) in [7, 11) is 0. The van der Waals surface area contributed by atoms with Crippen molar-refractivity contribution in [3.8, 4) is 23.0 Å². The molecule has 3 aromatic rings. The topological polar surface area (TPSA) is 93.6 Å². The predicted molar refractivity (Wildman–Crippen MR) is 89.9 cm³/mol. The number of fused-ring (bicyclic) bond motifs is 1. The number of pyridine rings is 1. The van der Waals surface area contributed by atoms with Crippen molar-refractivity contribution in [2.45, 2.75) is 19.8 Å². The largest absolute Gasteiger partial charge is 0.384 e. The van der Waals surface area contributed by atoms with Crippen LogP contribution < -0.4 is 11.5 Å². The minimum absolute atomic E-state index is 0.470. The number of nitrogens with two attached hydrogens (primary N) is 2. The van der Waals surface area contributed by atoms with E-state index < -0.39 is 0 Å². The monoisotopic (exact) mass is 291 g/mol. The lowest BCUT2D eigenvalue weighted by molar-refractivity contribution is 0.983. The summed E-state index contributed by atoms with van der Waals surface area (Å²) in [5.41, 5.74) is 15.5. The molecule has 0 saturated carbocycles. The number of anilines is 2. The van der Waals surface area contributed by atoms with E-state index in [0.717, 1.165) is 40.4 Å². The summed E-state index contributed by atoms with van der Waals surface area (Å²) in [6, 6.07) is 7.77. The number of nitrogens with one attached hydrogen (secondary N) is 1. The predicted octanol–water partition coefficient (Wildman–Crippen LogP) is 2.94. The molecular weight excluding hydrogens is 274 g/mol. The van der Waals surface area contributed by atoms with E-state index in [1.54, 1.807) is 6.20 Å². The Morgan fingerprint density at radius 3 is 2.82 bits per heavy atom. The van der Waals surface area contributed by atoms with Crippen molar-refractivity contribution in [1.29, 1.82) is 0 Å². The average Bonchev–Trinajstić information content (AvgIpc) is 2.89. The summed E-state index contributed by atoms with van der Waals surface area (Å²) in [4.78, 5) is 4.02. The van der Waals surface area contributed by atoms with E-state index in [0.29, 0.717) is 11.6 Å². The Labute approximate surface area is 128 Å². The zero-order valence-corrected chi connectivity index (χ0v) is 12.4. The number of H-pyrrole nitrogens is 1. The van der Waals surface area contributed by atoms with Crippen molar-refractivity contribution in [2.75, 3.05) is 11.5 Å². The zero-order chi connectivity index (χ0) is 15.5. The summed E-state index contributed by atoms with van der Waals surface area (Å²) < 4.78 is 0. The van der Waals surface area contributed by atoms with Gasteiger partial charge in [-0.15, -0.1) is 0 Å². The number of rotatable bonds is 2. The van der Waals surface area contributed by atoms with Gasteiger partial charge >= 0.3 is 0 Å². The Morgan fingerprint density at radius 1 is 1.18 bits per heavy atom. The van der Waals surface area contributed by atoms with Gasteiger partial charge in [0.2, 0.25) is 0 Å². The molecule has 0 atom stereocenters. The minimum Gasteiger partial charge on any atom is -0.384 e. The average molecular weight is 291 g/mol. The minimum atomic E-state index is 0.470. The molecule has 3 rings (SSSR count). The van der Waals surface area contributed by atoms with Crippen molar-refractivity contribution >= 4 is 22.5 Å². The lowest BCUT2D eigenvalue weighted by atomic mass is 10.0. The third-order valence-corrected chi connectivity index (χ3v) is 3.41. The van der Waals surface area contributed by atoms with Crippen molar-refractivity contribution in [2.24, 2.45) is 0 Å². The Balaban J connectivity index is 2.20. The number of unbranched alkanes of at least 4 members (excludes halogenated alkanes) is 1. The van der Waals surface area contributed by atoms with Crippen LogP contribution in [0.1, 0.15) is 25.3 Å². The molecule has 2 heterocycles. The highest BCUT2D eigenvalue weighted by atomic mass is 15.1. The highest BCUT2D eigenvalue weighted by Crippen LogP contribution is 2.29. The second kappa shape index (κ2) is 5.78. The van der Waals surface area contributed by atoms with Crippen molar-refractivity contribution in [3.05, 3.63) is 36.0 Å². The van der Waals surface area contributed by atoms with E-state index in [1.807, 2.05) is 24.3 Å². The number of nitrogen functional groups attached to an aromatic ring is 2. The summed E-state index contributed by atoms with van der Waals surface area (Å²) >= 11 is 0. The van der Waals surface area contributed by atoms with Gasteiger partial charge in [-0.25, -0.2) is 4.98 Å². The first kappa shape index (κ1) is 14.0. The molecule has 110 valence electrons. The van der Waals surface area contributed by atoms with E-state index in [1.165, 1.54) is 0 Å². The summed E-state index contributed by atoms with van der Waals surface area (Å²) in [6.45, 7) is 2.11. The first-order valence-corrected chi connectivity index (χ1v) is 7.17. The van der Waals surface area contributed by atoms with Crippen LogP contribution in [0.2, 0.25) is 0 Å². The zero-order valence-electron chi connectivity index (χ0n) is 12.4. The molecule has 0 aliphatic carbocycles. The van der Waals surface area contributed by atoms with Crippen LogP contribution in [0.25, 0.3) is 22.0 Å². The molecule has 0 bridgehead atoms. The Kier molecular flexibility index (Phi) is 3.67. The first-order chi connectivity index (χ1) is 10.7. The molecule has 0 unspecified atom stereocenters. The van der Waals surface area contributed by atoms with E-state index in [9.17, 15) is 0 Å². The van der Waals surface area contributed by atoms with Crippen LogP contribution in [-0.2, 0) is 0 Å². The van der Waals surface area contributed by atoms with Gasteiger partial charge in [0.25, 0.3) is 0 Å². The fraction of sp³-hybridized carbons (Fsp3) is 0.176. The number of aromatic amines is 1. The highest BCUT2D eigenvalue weighted by molar-refractivity contribution is 5.96. The Bertz CT molecular complexity index is 883. The Hall–Kier alpha value is -3.00. The normalized spacial score (nSPS) is 10.4. The Morgan fingerprint density at radius 2 is 2.05 bits per heavy atom. The number of aromatic nitrogens is 3. The molecule has 0 aliphatic rings. The summed E-state index contributed by atoms with van der Waals surface area (Å²) in [5, 5.41) is 7.91. The number of hydrogen-bond donors (Lipinski definition) is 3. The van der Waals surface area contributed by atoms with Crippen LogP contribution in [0.3, 0.4) is 0 Å². The third-order valence-electron chi connectivity index (χ3n) is 3.41. The second-order valence-electron chi connectivity index (χ2n) is 5.08. The van der Waals surface area contributed by atoms with Crippen molar-refractivity contribution in [3.63, 3.8) is 0 Å².